The fraction of sp³-hybridized carbons (Fsp3) is 0.733. The van der Waals surface area contributed by atoms with E-state index in [1.165, 1.54) is 19.3 Å². The molecule has 0 saturated carbocycles. The summed E-state index contributed by atoms with van der Waals surface area (Å²) in [4.78, 5) is 2.51. The third kappa shape index (κ3) is 2.47. The van der Waals surface area contributed by atoms with Crippen molar-refractivity contribution in [2.24, 2.45) is 11.1 Å². The third-order valence-corrected chi connectivity index (χ3v) is 4.69. The summed E-state index contributed by atoms with van der Waals surface area (Å²) in [7, 11) is 0. The highest BCUT2D eigenvalue weighted by atomic mass is 16.3. The maximum absolute atomic E-state index is 6.18. The number of rotatable bonds is 5. The Bertz CT molecular complexity index is 355. The molecule has 1 fully saturated rings. The van der Waals surface area contributed by atoms with Crippen LogP contribution in [-0.2, 0) is 0 Å². The summed E-state index contributed by atoms with van der Waals surface area (Å²) in [6.07, 6.45) is 5.53. The van der Waals surface area contributed by atoms with Crippen molar-refractivity contribution in [3.8, 4) is 0 Å². The lowest BCUT2D eigenvalue weighted by Gasteiger charge is -2.32. The Morgan fingerprint density at radius 3 is 2.61 bits per heavy atom. The molecule has 1 aliphatic heterocycles. The summed E-state index contributed by atoms with van der Waals surface area (Å²) in [6, 6.07) is 4.32. The molecule has 102 valence electrons. The van der Waals surface area contributed by atoms with Gasteiger partial charge >= 0.3 is 0 Å². The molecule has 2 rings (SSSR count). The Labute approximate surface area is 110 Å². The summed E-state index contributed by atoms with van der Waals surface area (Å²) in [5.74, 6) is 1.01. The molecule has 2 N–H and O–H groups in total. The molecule has 1 saturated heterocycles. The first-order valence-corrected chi connectivity index (χ1v) is 7.15. The first kappa shape index (κ1) is 13.6. The number of hydrogen-bond acceptors (Lipinski definition) is 3. The first-order valence-electron chi connectivity index (χ1n) is 7.15. The van der Waals surface area contributed by atoms with Gasteiger partial charge in [-0.1, -0.05) is 13.8 Å². The van der Waals surface area contributed by atoms with Crippen molar-refractivity contribution in [2.75, 3.05) is 13.1 Å². The van der Waals surface area contributed by atoms with Gasteiger partial charge in [-0.2, -0.15) is 0 Å². The molecule has 0 radical (unpaired) electrons. The van der Waals surface area contributed by atoms with Crippen molar-refractivity contribution in [3.05, 3.63) is 24.2 Å². The molecule has 0 amide bonds. The molecule has 1 aromatic rings. The van der Waals surface area contributed by atoms with E-state index < -0.39 is 0 Å². The van der Waals surface area contributed by atoms with Crippen LogP contribution in [0.3, 0.4) is 0 Å². The van der Waals surface area contributed by atoms with E-state index in [9.17, 15) is 0 Å². The highest BCUT2D eigenvalue weighted by molar-refractivity contribution is 5.09. The first-order chi connectivity index (χ1) is 8.62. The number of likely N-dealkylation sites (tertiary alicyclic amines) is 1. The summed E-state index contributed by atoms with van der Waals surface area (Å²) in [5.41, 5.74) is 6.66. The maximum Gasteiger partial charge on any atom is 0.122 e. The van der Waals surface area contributed by atoms with Crippen LogP contribution in [0.15, 0.2) is 22.8 Å². The van der Waals surface area contributed by atoms with Crippen molar-refractivity contribution < 1.29 is 4.42 Å². The number of hydrogen-bond donors (Lipinski definition) is 1. The Balaban J connectivity index is 2.15. The Morgan fingerprint density at radius 2 is 2.17 bits per heavy atom. The molecule has 0 spiro atoms. The van der Waals surface area contributed by atoms with Crippen LogP contribution in [0.1, 0.15) is 51.8 Å². The molecule has 0 bridgehead atoms. The monoisotopic (exact) mass is 250 g/mol. The van der Waals surface area contributed by atoms with E-state index in [-0.39, 0.29) is 12.1 Å². The lowest BCUT2D eigenvalue weighted by atomic mass is 9.82. The van der Waals surface area contributed by atoms with Gasteiger partial charge in [0.1, 0.15) is 5.76 Å². The lowest BCUT2D eigenvalue weighted by molar-refractivity contribution is 0.159. The van der Waals surface area contributed by atoms with Crippen LogP contribution < -0.4 is 5.73 Å². The molecule has 18 heavy (non-hydrogen) atoms. The van der Waals surface area contributed by atoms with Crippen LogP contribution in [0.4, 0.5) is 0 Å². The SMILES string of the molecule is CCC1(CC)CCN(C(c2ccco2)C(C)N)C1. The summed E-state index contributed by atoms with van der Waals surface area (Å²) >= 11 is 0. The van der Waals surface area contributed by atoms with Gasteiger partial charge in [0.05, 0.1) is 12.3 Å². The van der Waals surface area contributed by atoms with Gasteiger partial charge in [-0.3, -0.25) is 4.90 Å². The zero-order chi connectivity index (χ0) is 13.2. The number of nitrogens with zero attached hydrogens (tertiary/aromatic N) is 1. The minimum absolute atomic E-state index is 0.0978. The maximum atomic E-state index is 6.18. The van der Waals surface area contributed by atoms with Gasteiger partial charge in [0.25, 0.3) is 0 Å². The molecule has 2 heterocycles. The molecule has 3 heteroatoms. The minimum Gasteiger partial charge on any atom is -0.468 e. The van der Waals surface area contributed by atoms with Gasteiger partial charge in [-0.15, -0.1) is 0 Å². The van der Waals surface area contributed by atoms with Crippen molar-refractivity contribution in [1.29, 1.82) is 0 Å². The van der Waals surface area contributed by atoms with Gasteiger partial charge in [0, 0.05) is 12.6 Å². The van der Waals surface area contributed by atoms with Crippen LogP contribution in [0.2, 0.25) is 0 Å². The van der Waals surface area contributed by atoms with E-state index in [0.717, 1.165) is 18.8 Å². The van der Waals surface area contributed by atoms with E-state index >= 15 is 0 Å². The molecular weight excluding hydrogens is 224 g/mol. The predicted molar refractivity (Wildman–Crippen MR) is 74.3 cm³/mol. The van der Waals surface area contributed by atoms with E-state index in [1.807, 2.05) is 12.1 Å². The predicted octanol–water partition coefficient (Wildman–Crippen LogP) is 3.18. The topological polar surface area (TPSA) is 42.4 Å². The van der Waals surface area contributed by atoms with E-state index in [4.69, 9.17) is 10.2 Å². The fourth-order valence-electron chi connectivity index (χ4n) is 3.27. The molecule has 1 aromatic heterocycles. The Kier molecular flexibility index (Phi) is 4.13. The fourth-order valence-corrected chi connectivity index (χ4v) is 3.27. The smallest absolute Gasteiger partial charge is 0.122 e. The van der Waals surface area contributed by atoms with Gasteiger partial charge in [0.15, 0.2) is 0 Å². The summed E-state index contributed by atoms with van der Waals surface area (Å²) in [6.45, 7) is 8.97. The number of nitrogens with two attached hydrogens (primary N) is 1. The Hall–Kier alpha value is -0.800. The lowest BCUT2D eigenvalue weighted by Crippen LogP contribution is -2.39. The Morgan fingerprint density at radius 1 is 1.44 bits per heavy atom. The van der Waals surface area contributed by atoms with Crippen LogP contribution in [0.5, 0.6) is 0 Å². The molecule has 2 atom stereocenters. The zero-order valence-corrected chi connectivity index (χ0v) is 11.9. The largest absolute Gasteiger partial charge is 0.468 e. The summed E-state index contributed by atoms with van der Waals surface area (Å²) < 4.78 is 5.58. The van der Waals surface area contributed by atoms with E-state index in [0.29, 0.717) is 5.41 Å². The third-order valence-electron chi connectivity index (χ3n) is 4.69. The zero-order valence-electron chi connectivity index (χ0n) is 11.9. The summed E-state index contributed by atoms with van der Waals surface area (Å²) in [5, 5.41) is 0. The molecule has 0 aliphatic carbocycles. The van der Waals surface area contributed by atoms with E-state index in [2.05, 4.69) is 25.7 Å². The number of furan rings is 1. The van der Waals surface area contributed by atoms with E-state index in [1.54, 1.807) is 6.26 Å². The van der Waals surface area contributed by atoms with Crippen LogP contribution in [0.25, 0.3) is 0 Å². The van der Waals surface area contributed by atoms with Crippen molar-refractivity contribution in [2.45, 2.75) is 52.1 Å². The van der Waals surface area contributed by atoms with Gasteiger partial charge in [0.2, 0.25) is 0 Å². The second-order valence-corrected chi connectivity index (χ2v) is 5.75. The highest BCUT2D eigenvalue weighted by Crippen LogP contribution is 2.41. The molecular formula is C15H26N2O. The quantitative estimate of drug-likeness (QED) is 0.872. The van der Waals surface area contributed by atoms with Gasteiger partial charge < -0.3 is 10.2 Å². The van der Waals surface area contributed by atoms with Gasteiger partial charge in [-0.25, -0.2) is 0 Å². The highest BCUT2D eigenvalue weighted by Gasteiger charge is 2.39. The molecule has 2 unspecified atom stereocenters. The average Bonchev–Trinajstić information content (AvgIpc) is 2.99. The molecule has 1 aliphatic rings. The van der Waals surface area contributed by atoms with Crippen molar-refractivity contribution in [3.63, 3.8) is 0 Å². The standard InChI is InChI=1S/C15H26N2O/c1-4-15(5-2)8-9-17(11-15)14(12(3)16)13-7-6-10-18-13/h6-7,10,12,14H,4-5,8-9,11,16H2,1-3H3. The van der Waals surface area contributed by atoms with Crippen LogP contribution >= 0.6 is 0 Å². The van der Waals surface area contributed by atoms with Gasteiger partial charge in [-0.05, 0) is 50.3 Å². The van der Waals surface area contributed by atoms with Crippen molar-refractivity contribution >= 4 is 0 Å². The van der Waals surface area contributed by atoms with Crippen molar-refractivity contribution in [1.82, 2.24) is 4.90 Å². The molecule has 0 aromatic carbocycles. The second-order valence-electron chi connectivity index (χ2n) is 5.75. The second kappa shape index (κ2) is 5.45. The molecule has 3 nitrogen and oxygen atoms in total. The average molecular weight is 250 g/mol. The van der Waals surface area contributed by atoms with Crippen LogP contribution in [0, 0.1) is 5.41 Å². The van der Waals surface area contributed by atoms with Crippen LogP contribution in [-0.4, -0.2) is 24.0 Å². The normalized spacial score (nSPS) is 23.1. The minimum atomic E-state index is 0.0978.